The Balaban J connectivity index is 2.11. The first kappa shape index (κ1) is 13.8. The molecule has 0 saturated carbocycles. The normalized spacial score (nSPS) is 10.4. The summed E-state index contributed by atoms with van der Waals surface area (Å²) in [5.41, 5.74) is 5.02. The molecular weight excluding hydrogens is 252 g/mol. The standard InChI is InChI=1S/C16H16N2O2/c1-2-20-16(19)15-11-7-6-8-13(15)12-17-18-14-9-4-3-5-10-14/h3-12,18H,2H2,1H3. The van der Waals surface area contributed by atoms with Crippen LogP contribution in [0.15, 0.2) is 59.7 Å². The van der Waals surface area contributed by atoms with E-state index in [1.54, 1.807) is 25.3 Å². The number of nitrogens with zero attached hydrogens (tertiary/aromatic N) is 1. The molecule has 0 heterocycles. The Hall–Kier alpha value is -2.62. The van der Waals surface area contributed by atoms with E-state index in [4.69, 9.17) is 4.74 Å². The smallest absolute Gasteiger partial charge is 0.338 e. The molecule has 0 aromatic heterocycles. The van der Waals surface area contributed by atoms with Gasteiger partial charge in [0.15, 0.2) is 0 Å². The summed E-state index contributed by atoms with van der Waals surface area (Å²) >= 11 is 0. The summed E-state index contributed by atoms with van der Waals surface area (Å²) in [4.78, 5) is 11.8. The van der Waals surface area contributed by atoms with Gasteiger partial charge in [-0.3, -0.25) is 5.43 Å². The Morgan fingerprint density at radius 2 is 1.85 bits per heavy atom. The zero-order valence-electron chi connectivity index (χ0n) is 11.2. The van der Waals surface area contributed by atoms with Gasteiger partial charge in [0.05, 0.1) is 24.1 Å². The molecule has 0 radical (unpaired) electrons. The third-order valence-electron chi connectivity index (χ3n) is 2.63. The zero-order valence-corrected chi connectivity index (χ0v) is 11.2. The van der Waals surface area contributed by atoms with Crippen molar-refractivity contribution in [3.63, 3.8) is 0 Å². The van der Waals surface area contributed by atoms with Crippen molar-refractivity contribution in [2.24, 2.45) is 5.10 Å². The summed E-state index contributed by atoms with van der Waals surface area (Å²) in [7, 11) is 0. The number of anilines is 1. The minimum atomic E-state index is -0.339. The number of ether oxygens (including phenoxy) is 1. The minimum absolute atomic E-state index is 0.339. The quantitative estimate of drug-likeness (QED) is 0.514. The Kier molecular flexibility index (Phi) is 4.89. The summed E-state index contributed by atoms with van der Waals surface area (Å²) in [6.45, 7) is 2.14. The van der Waals surface area contributed by atoms with Gasteiger partial charge >= 0.3 is 5.97 Å². The van der Waals surface area contributed by atoms with Crippen LogP contribution in [0.2, 0.25) is 0 Å². The van der Waals surface area contributed by atoms with E-state index in [0.29, 0.717) is 12.2 Å². The molecule has 4 heteroatoms. The molecule has 4 nitrogen and oxygen atoms in total. The average molecular weight is 268 g/mol. The van der Waals surface area contributed by atoms with Crippen LogP contribution in [-0.2, 0) is 4.74 Å². The molecule has 2 rings (SSSR count). The van der Waals surface area contributed by atoms with Crippen LogP contribution >= 0.6 is 0 Å². The summed E-state index contributed by atoms with van der Waals surface area (Å²) in [5, 5.41) is 4.13. The SMILES string of the molecule is CCOC(=O)c1ccccc1C=NNc1ccccc1. The van der Waals surface area contributed by atoms with E-state index in [1.807, 2.05) is 42.5 Å². The maximum atomic E-state index is 11.8. The van der Waals surface area contributed by atoms with E-state index in [1.165, 1.54) is 0 Å². The average Bonchev–Trinajstić information content (AvgIpc) is 2.49. The van der Waals surface area contributed by atoms with Crippen LogP contribution in [0, 0.1) is 0 Å². The van der Waals surface area contributed by atoms with Crippen LogP contribution in [0.3, 0.4) is 0 Å². The van der Waals surface area contributed by atoms with Crippen LogP contribution in [-0.4, -0.2) is 18.8 Å². The lowest BCUT2D eigenvalue weighted by Crippen LogP contribution is -2.08. The second kappa shape index (κ2) is 7.09. The van der Waals surface area contributed by atoms with Gasteiger partial charge in [-0.1, -0.05) is 36.4 Å². The van der Waals surface area contributed by atoms with Crippen molar-refractivity contribution in [3.8, 4) is 0 Å². The van der Waals surface area contributed by atoms with Crippen molar-refractivity contribution in [1.29, 1.82) is 0 Å². The van der Waals surface area contributed by atoms with Gasteiger partial charge in [0.25, 0.3) is 0 Å². The molecule has 0 spiro atoms. The number of hydrazone groups is 1. The predicted molar refractivity (Wildman–Crippen MR) is 80.1 cm³/mol. The van der Waals surface area contributed by atoms with Gasteiger partial charge in [-0.25, -0.2) is 4.79 Å². The predicted octanol–water partition coefficient (Wildman–Crippen LogP) is 3.31. The fourth-order valence-electron chi connectivity index (χ4n) is 1.69. The molecule has 0 saturated heterocycles. The molecule has 0 unspecified atom stereocenters. The Morgan fingerprint density at radius 3 is 2.60 bits per heavy atom. The number of rotatable bonds is 5. The molecule has 0 aliphatic heterocycles. The molecule has 102 valence electrons. The topological polar surface area (TPSA) is 50.7 Å². The highest BCUT2D eigenvalue weighted by molar-refractivity contribution is 5.99. The molecule has 2 aromatic rings. The number of carbonyl (C=O) groups excluding carboxylic acids is 1. The maximum Gasteiger partial charge on any atom is 0.338 e. The highest BCUT2D eigenvalue weighted by Gasteiger charge is 2.09. The van der Waals surface area contributed by atoms with Gasteiger partial charge in [-0.2, -0.15) is 5.10 Å². The lowest BCUT2D eigenvalue weighted by molar-refractivity contribution is 0.0526. The highest BCUT2D eigenvalue weighted by atomic mass is 16.5. The molecule has 20 heavy (non-hydrogen) atoms. The van der Waals surface area contributed by atoms with Gasteiger partial charge in [0.1, 0.15) is 0 Å². The van der Waals surface area contributed by atoms with Crippen molar-refractivity contribution in [2.75, 3.05) is 12.0 Å². The van der Waals surface area contributed by atoms with Gasteiger partial charge < -0.3 is 4.74 Å². The molecule has 0 aliphatic carbocycles. The van der Waals surface area contributed by atoms with Crippen molar-refractivity contribution in [3.05, 3.63) is 65.7 Å². The molecule has 0 aliphatic rings. The van der Waals surface area contributed by atoms with E-state index in [2.05, 4.69) is 10.5 Å². The van der Waals surface area contributed by atoms with E-state index >= 15 is 0 Å². The second-order valence-corrected chi connectivity index (χ2v) is 4.04. The minimum Gasteiger partial charge on any atom is -0.462 e. The monoisotopic (exact) mass is 268 g/mol. The van der Waals surface area contributed by atoms with Gasteiger partial charge in [-0.05, 0) is 25.1 Å². The number of para-hydroxylation sites is 1. The molecule has 0 atom stereocenters. The molecule has 0 fully saturated rings. The molecular formula is C16H16N2O2. The zero-order chi connectivity index (χ0) is 14.2. The van der Waals surface area contributed by atoms with Crippen LogP contribution in [0.25, 0.3) is 0 Å². The van der Waals surface area contributed by atoms with Crippen molar-refractivity contribution < 1.29 is 9.53 Å². The maximum absolute atomic E-state index is 11.8. The third-order valence-corrected chi connectivity index (χ3v) is 2.63. The highest BCUT2D eigenvalue weighted by Crippen LogP contribution is 2.09. The molecule has 0 bridgehead atoms. The van der Waals surface area contributed by atoms with Gasteiger partial charge in [0, 0.05) is 5.56 Å². The number of benzene rings is 2. The van der Waals surface area contributed by atoms with Crippen molar-refractivity contribution >= 4 is 17.9 Å². The van der Waals surface area contributed by atoms with Crippen LogP contribution in [0.1, 0.15) is 22.8 Å². The fraction of sp³-hybridized carbons (Fsp3) is 0.125. The largest absolute Gasteiger partial charge is 0.462 e. The fourth-order valence-corrected chi connectivity index (χ4v) is 1.69. The number of hydrogen-bond donors (Lipinski definition) is 1. The Labute approximate surface area is 118 Å². The first-order chi connectivity index (χ1) is 9.81. The molecule has 0 amide bonds. The second-order valence-electron chi connectivity index (χ2n) is 4.04. The number of nitrogens with one attached hydrogen (secondary N) is 1. The first-order valence-corrected chi connectivity index (χ1v) is 6.41. The third kappa shape index (κ3) is 3.68. The van der Waals surface area contributed by atoms with Crippen LogP contribution in [0.4, 0.5) is 5.69 Å². The first-order valence-electron chi connectivity index (χ1n) is 6.41. The van der Waals surface area contributed by atoms with Gasteiger partial charge in [0.2, 0.25) is 0 Å². The Bertz CT molecular complexity index is 594. The van der Waals surface area contributed by atoms with Gasteiger partial charge in [-0.15, -0.1) is 0 Å². The number of carbonyl (C=O) groups is 1. The van der Waals surface area contributed by atoms with Crippen LogP contribution < -0.4 is 5.43 Å². The number of esters is 1. The molecule has 1 N–H and O–H groups in total. The summed E-state index contributed by atoms with van der Waals surface area (Å²) in [5.74, 6) is -0.339. The summed E-state index contributed by atoms with van der Waals surface area (Å²) in [6, 6.07) is 16.8. The lowest BCUT2D eigenvalue weighted by atomic mass is 10.1. The van der Waals surface area contributed by atoms with Crippen LogP contribution in [0.5, 0.6) is 0 Å². The molecule has 2 aromatic carbocycles. The lowest BCUT2D eigenvalue weighted by Gasteiger charge is -2.05. The van der Waals surface area contributed by atoms with E-state index in [-0.39, 0.29) is 5.97 Å². The Morgan fingerprint density at radius 1 is 1.15 bits per heavy atom. The number of hydrogen-bond acceptors (Lipinski definition) is 4. The van der Waals surface area contributed by atoms with E-state index in [9.17, 15) is 4.79 Å². The summed E-state index contributed by atoms with van der Waals surface area (Å²) in [6.07, 6.45) is 1.61. The van der Waals surface area contributed by atoms with E-state index < -0.39 is 0 Å². The summed E-state index contributed by atoms with van der Waals surface area (Å²) < 4.78 is 5.01. The van der Waals surface area contributed by atoms with E-state index in [0.717, 1.165) is 11.3 Å². The van der Waals surface area contributed by atoms with Crippen molar-refractivity contribution in [1.82, 2.24) is 0 Å². The van der Waals surface area contributed by atoms with Crippen molar-refractivity contribution in [2.45, 2.75) is 6.92 Å².